The Balaban J connectivity index is 2.15. The van der Waals surface area contributed by atoms with Gasteiger partial charge in [-0.1, -0.05) is 22.0 Å². The molecule has 1 atom stereocenters. The Morgan fingerprint density at radius 2 is 2.29 bits per heavy atom. The second-order valence-corrected chi connectivity index (χ2v) is 5.37. The zero-order valence-corrected chi connectivity index (χ0v) is 11.4. The van der Waals surface area contributed by atoms with Gasteiger partial charge in [0.05, 0.1) is 6.10 Å². The Bertz CT molecular complexity index is 433. The minimum absolute atomic E-state index is 0.00412. The fraction of sp³-hybridized carbons (Fsp3) is 0.462. The summed E-state index contributed by atoms with van der Waals surface area (Å²) in [5.41, 5.74) is 1.79. The van der Waals surface area contributed by atoms with Crippen molar-refractivity contribution in [3.63, 3.8) is 0 Å². The number of nitrogens with zero attached hydrogens (tertiary/aromatic N) is 1. The first kappa shape index (κ1) is 12.6. The van der Waals surface area contributed by atoms with Crippen molar-refractivity contribution < 1.29 is 9.90 Å². The molecule has 0 radical (unpaired) electrons. The predicted molar refractivity (Wildman–Crippen MR) is 70.0 cm³/mol. The van der Waals surface area contributed by atoms with Gasteiger partial charge in [0.2, 0.25) is 0 Å². The summed E-state index contributed by atoms with van der Waals surface area (Å²) in [6.45, 7) is 3.18. The molecule has 17 heavy (non-hydrogen) atoms. The van der Waals surface area contributed by atoms with Crippen LogP contribution in [0.5, 0.6) is 0 Å². The fourth-order valence-corrected chi connectivity index (χ4v) is 2.43. The summed E-state index contributed by atoms with van der Waals surface area (Å²) in [6.07, 6.45) is 1.29. The number of benzene rings is 1. The highest BCUT2D eigenvalue weighted by molar-refractivity contribution is 9.10. The second-order valence-electron chi connectivity index (χ2n) is 4.51. The molecule has 1 heterocycles. The third kappa shape index (κ3) is 2.87. The standard InChI is InChI=1S/C13H16BrNO2/c1-9-4-5-10(7-12(9)14)13(17)15-6-2-3-11(16)8-15/h4-5,7,11,16H,2-3,6,8H2,1H3. The smallest absolute Gasteiger partial charge is 0.253 e. The van der Waals surface area contributed by atoms with Crippen LogP contribution in [0, 0.1) is 6.92 Å². The van der Waals surface area contributed by atoms with Crippen molar-refractivity contribution in [2.75, 3.05) is 13.1 Å². The molecule has 1 fully saturated rings. The number of aliphatic hydroxyl groups excluding tert-OH is 1. The Morgan fingerprint density at radius 3 is 2.94 bits per heavy atom. The average Bonchev–Trinajstić information content (AvgIpc) is 2.32. The van der Waals surface area contributed by atoms with Gasteiger partial charge in [0.15, 0.2) is 0 Å². The molecule has 2 rings (SSSR count). The van der Waals surface area contributed by atoms with Crippen molar-refractivity contribution in [3.8, 4) is 0 Å². The van der Waals surface area contributed by atoms with Crippen molar-refractivity contribution in [3.05, 3.63) is 33.8 Å². The van der Waals surface area contributed by atoms with Gasteiger partial charge in [-0.3, -0.25) is 4.79 Å². The zero-order valence-electron chi connectivity index (χ0n) is 9.82. The van der Waals surface area contributed by atoms with Crippen LogP contribution in [0.25, 0.3) is 0 Å². The molecule has 0 spiro atoms. The minimum atomic E-state index is -0.374. The Labute approximate surface area is 110 Å². The molecule has 1 aliphatic rings. The molecule has 1 unspecified atom stereocenters. The first-order valence-electron chi connectivity index (χ1n) is 5.81. The zero-order chi connectivity index (χ0) is 12.4. The maximum atomic E-state index is 12.2. The van der Waals surface area contributed by atoms with E-state index < -0.39 is 0 Å². The number of piperidine rings is 1. The number of hydrogen-bond donors (Lipinski definition) is 1. The van der Waals surface area contributed by atoms with E-state index >= 15 is 0 Å². The van der Waals surface area contributed by atoms with Crippen LogP contribution < -0.4 is 0 Å². The number of amides is 1. The third-order valence-corrected chi connectivity index (χ3v) is 3.96. The molecule has 1 aromatic rings. The fourth-order valence-electron chi connectivity index (χ4n) is 2.05. The van der Waals surface area contributed by atoms with Crippen LogP contribution in [0.4, 0.5) is 0 Å². The molecule has 1 aromatic carbocycles. The van der Waals surface area contributed by atoms with Gasteiger partial charge in [0.1, 0.15) is 0 Å². The van der Waals surface area contributed by atoms with Crippen LogP contribution in [0.2, 0.25) is 0 Å². The first-order chi connectivity index (χ1) is 8.08. The van der Waals surface area contributed by atoms with Crippen LogP contribution >= 0.6 is 15.9 Å². The lowest BCUT2D eigenvalue weighted by molar-refractivity contribution is 0.0473. The molecule has 0 saturated carbocycles. The Kier molecular flexibility index (Phi) is 3.84. The van der Waals surface area contributed by atoms with E-state index in [1.54, 1.807) is 4.90 Å². The van der Waals surface area contributed by atoms with Gasteiger partial charge in [-0.15, -0.1) is 0 Å². The number of carbonyl (C=O) groups is 1. The van der Waals surface area contributed by atoms with Crippen LogP contribution in [0.3, 0.4) is 0 Å². The maximum absolute atomic E-state index is 12.2. The molecule has 1 aliphatic heterocycles. The van der Waals surface area contributed by atoms with Gasteiger partial charge in [-0.25, -0.2) is 0 Å². The number of likely N-dealkylation sites (tertiary alicyclic amines) is 1. The monoisotopic (exact) mass is 297 g/mol. The quantitative estimate of drug-likeness (QED) is 0.864. The lowest BCUT2D eigenvalue weighted by Gasteiger charge is -2.30. The highest BCUT2D eigenvalue weighted by atomic mass is 79.9. The second kappa shape index (κ2) is 5.19. The van der Waals surface area contributed by atoms with Crippen molar-refractivity contribution >= 4 is 21.8 Å². The number of halogens is 1. The number of aryl methyl sites for hydroxylation is 1. The van der Waals surface area contributed by atoms with E-state index in [4.69, 9.17) is 0 Å². The topological polar surface area (TPSA) is 40.5 Å². The van der Waals surface area contributed by atoms with Crippen LogP contribution in [0.1, 0.15) is 28.8 Å². The maximum Gasteiger partial charge on any atom is 0.253 e. The van der Waals surface area contributed by atoms with Crippen molar-refractivity contribution in [1.29, 1.82) is 0 Å². The van der Waals surface area contributed by atoms with Crippen LogP contribution in [-0.2, 0) is 0 Å². The molecule has 1 N–H and O–H groups in total. The predicted octanol–water partition coefficient (Wildman–Crippen LogP) is 2.35. The SMILES string of the molecule is Cc1ccc(C(=O)N2CCCC(O)C2)cc1Br. The molecule has 4 heteroatoms. The molecule has 3 nitrogen and oxygen atoms in total. The summed E-state index contributed by atoms with van der Waals surface area (Å²) in [6, 6.07) is 5.61. The lowest BCUT2D eigenvalue weighted by atomic mass is 10.1. The van der Waals surface area contributed by atoms with E-state index in [-0.39, 0.29) is 12.0 Å². The molecular formula is C13H16BrNO2. The minimum Gasteiger partial charge on any atom is -0.391 e. The normalized spacial score (nSPS) is 20.4. The summed E-state index contributed by atoms with van der Waals surface area (Å²) in [7, 11) is 0. The molecular weight excluding hydrogens is 282 g/mol. The first-order valence-corrected chi connectivity index (χ1v) is 6.60. The highest BCUT2D eigenvalue weighted by Gasteiger charge is 2.23. The summed E-state index contributed by atoms with van der Waals surface area (Å²) < 4.78 is 0.945. The lowest BCUT2D eigenvalue weighted by Crippen LogP contribution is -2.42. The van der Waals surface area contributed by atoms with E-state index in [9.17, 15) is 9.90 Å². The van der Waals surface area contributed by atoms with Crippen molar-refractivity contribution in [2.45, 2.75) is 25.9 Å². The van der Waals surface area contributed by atoms with E-state index in [2.05, 4.69) is 15.9 Å². The molecule has 1 saturated heterocycles. The van der Waals surface area contributed by atoms with Crippen LogP contribution in [-0.4, -0.2) is 35.1 Å². The van der Waals surface area contributed by atoms with E-state index in [0.717, 1.165) is 29.4 Å². The van der Waals surface area contributed by atoms with E-state index in [1.807, 2.05) is 25.1 Å². The van der Waals surface area contributed by atoms with Gasteiger partial charge >= 0.3 is 0 Å². The van der Waals surface area contributed by atoms with E-state index in [0.29, 0.717) is 12.1 Å². The third-order valence-electron chi connectivity index (χ3n) is 3.10. The molecule has 0 aliphatic carbocycles. The van der Waals surface area contributed by atoms with Crippen molar-refractivity contribution in [1.82, 2.24) is 4.90 Å². The van der Waals surface area contributed by atoms with E-state index in [1.165, 1.54) is 0 Å². The number of rotatable bonds is 1. The van der Waals surface area contributed by atoms with Gasteiger partial charge in [0.25, 0.3) is 5.91 Å². The van der Waals surface area contributed by atoms with Crippen molar-refractivity contribution in [2.24, 2.45) is 0 Å². The van der Waals surface area contributed by atoms with Gasteiger partial charge in [-0.05, 0) is 37.5 Å². The summed E-state index contributed by atoms with van der Waals surface area (Å²) in [5.74, 6) is 0.00412. The largest absolute Gasteiger partial charge is 0.391 e. The highest BCUT2D eigenvalue weighted by Crippen LogP contribution is 2.20. The van der Waals surface area contributed by atoms with Gasteiger partial charge < -0.3 is 10.0 Å². The average molecular weight is 298 g/mol. The Hall–Kier alpha value is -0.870. The number of β-amino-alcohol motifs (C(OH)–C–C–N with tert-alkyl or cyclic N) is 1. The summed E-state index contributed by atoms with van der Waals surface area (Å²) >= 11 is 3.43. The molecule has 92 valence electrons. The molecule has 1 amide bonds. The number of aliphatic hydroxyl groups is 1. The summed E-state index contributed by atoms with van der Waals surface area (Å²) in [4.78, 5) is 13.9. The summed E-state index contributed by atoms with van der Waals surface area (Å²) in [5, 5.41) is 9.57. The Morgan fingerprint density at radius 1 is 1.53 bits per heavy atom. The van der Waals surface area contributed by atoms with Crippen LogP contribution in [0.15, 0.2) is 22.7 Å². The van der Waals surface area contributed by atoms with Gasteiger partial charge in [-0.2, -0.15) is 0 Å². The number of hydrogen-bond acceptors (Lipinski definition) is 2. The van der Waals surface area contributed by atoms with Gasteiger partial charge in [0, 0.05) is 23.1 Å². The number of carbonyl (C=O) groups excluding carboxylic acids is 1. The molecule has 0 bridgehead atoms. The molecule has 0 aromatic heterocycles.